The lowest BCUT2D eigenvalue weighted by Crippen LogP contribution is -2.50. The number of nitrogens with zero attached hydrogens (tertiary/aromatic N) is 4. The molecule has 6 nitrogen and oxygen atoms in total. The van der Waals surface area contributed by atoms with E-state index in [0.29, 0.717) is 24.8 Å². The lowest BCUT2D eigenvalue weighted by atomic mass is 9.85. The smallest absolute Gasteiger partial charge is 0.227 e. The summed E-state index contributed by atoms with van der Waals surface area (Å²) in [4.78, 5) is 29.6. The Bertz CT molecular complexity index is 647. The van der Waals surface area contributed by atoms with Gasteiger partial charge in [-0.2, -0.15) is 5.10 Å². The summed E-state index contributed by atoms with van der Waals surface area (Å²) in [5.74, 6) is 0.908. The first kappa shape index (κ1) is 15.7. The van der Waals surface area contributed by atoms with Crippen molar-refractivity contribution in [2.24, 2.45) is 18.9 Å². The summed E-state index contributed by atoms with van der Waals surface area (Å²) in [7, 11) is 3.81. The maximum Gasteiger partial charge on any atom is 0.227 e. The van der Waals surface area contributed by atoms with Crippen molar-refractivity contribution in [1.29, 1.82) is 0 Å². The molecule has 2 saturated carbocycles. The van der Waals surface area contributed by atoms with Crippen LogP contribution in [-0.4, -0.2) is 51.0 Å². The Balaban J connectivity index is 1.64. The van der Waals surface area contributed by atoms with Gasteiger partial charge in [0, 0.05) is 39.3 Å². The molecule has 3 aliphatic rings. The minimum absolute atomic E-state index is 0.151. The maximum atomic E-state index is 13.1. The molecular formula is C18H26N4O2. The largest absolute Gasteiger partial charge is 0.345 e. The van der Waals surface area contributed by atoms with Crippen molar-refractivity contribution >= 4 is 11.8 Å². The van der Waals surface area contributed by atoms with Gasteiger partial charge < -0.3 is 9.80 Å². The number of hydrogen-bond donors (Lipinski definition) is 0. The van der Waals surface area contributed by atoms with E-state index in [1.165, 1.54) is 12.8 Å². The summed E-state index contributed by atoms with van der Waals surface area (Å²) in [5.41, 5.74) is 0.980. The van der Waals surface area contributed by atoms with Crippen LogP contribution < -0.4 is 0 Å². The van der Waals surface area contributed by atoms with Crippen LogP contribution in [0.1, 0.15) is 50.3 Å². The van der Waals surface area contributed by atoms with Crippen LogP contribution >= 0.6 is 0 Å². The van der Waals surface area contributed by atoms with Crippen LogP contribution in [0.25, 0.3) is 0 Å². The van der Waals surface area contributed by atoms with Crippen LogP contribution in [0.5, 0.6) is 0 Å². The third-order valence-corrected chi connectivity index (χ3v) is 5.66. The number of carbonyl (C=O) groups is 2. The van der Waals surface area contributed by atoms with Crippen molar-refractivity contribution in [2.75, 3.05) is 13.6 Å². The van der Waals surface area contributed by atoms with E-state index < -0.39 is 0 Å². The van der Waals surface area contributed by atoms with Crippen molar-refractivity contribution < 1.29 is 9.59 Å². The zero-order valence-corrected chi connectivity index (χ0v) is 14.5. The Labute approximate surface area is 142 Å². The van der Waals surface area contributed by atoms with Gasteiger partial charge >= 0.3 is 0 Å². The Morgan fingerprint density at radius 1 is 1.29 bits per heavy atom. The summed E-state index contributed by atoms with van der Waals surface area (Å²) in [6, 6.07) is 2.10. The zero-order chi connectivity index (χ0) is 16.8. The van der Waals surface area contributed by atoms with E-state index in [0.717, 1.165) is 25.1 Å². The van der Waals surface area contributed by atoms with E-state index in [1.807, 2.05) is 34.6 Å². The predicted molar refractivity (Wildman–Crippen MR) is 88.9 cm³/mol. The van der Waals surface area contributed by atoms with Crippen LogP contribution in [0.2, 0.25) is 0 Å². The molecule has 1 saturated heterocycles. The summed E-state index contributed by atoms with van der Waals surface area (Å²) < 4.78 is 1.82. The molecule has 6 heteroatoms. The highest BCUT2D eigenvalue weighted by molar-refractivity contribution is 5.85. The molecule has 2 heterocycles. The maximum absolute atomic E-state index is 13.1. The molecule has 2 atom stereocenters. The van der Waals surface area contributed by atoms with Crippen LogP contribution in [0.15, 0.2) is 12.3 Å². The SMILES string of the molecule is CN(CC1CC1)C(=O)C1CCC(=O)N(C2CC2)C1c1ccnn1C. The van der Waals surface area contributed by atoms with Gasteiger partial charge in [-0.3, -0.25) is 14.3 Å². The zero-order valence-electron chi connectivity index (χ0n) is 14.5. The van der Waals surface area contributed by atoms with Gasteiger partial charge in [-0.15, -0.1) is 0 Å². The standard InChI is InChI=1S/C18H26N4O2/c1-20(11-12-3-4-12)18(24)14-7-8-16(23)22(13-5-6-13)17(14)15-9-10-19-21(15)2/h9-10,12-14,17H,3-8,11H2,1-2H3. The van der Waals surface area contributed by atoms with Gasteiger partial charge in [0.25, 0.3) is 0 Å². The molecule has 0 radical (unpaired) electrons. The van der Waals surface area contributed by atoms with E-state index in [9.17, 15) is 9.59 Å². The number of hydrogen-bond acceptors (Lipinski definition) is 3. The third-order valence-electron chi connectivity index (χ3n) is 5.66. The summed E-state index contributed by atoms with van der Waals surface area (Å²) >= 11 is 0. The quantitative estimate of drug-likeness (QED) is 0.826. The second-order valence-corrected chi connectivity index (χ2v) is 7.66. The summed E-state index contributed by atoms with van der Waals surface area (Å²) in [5, 5.41) is 4.28. The van der Waals surface area contributed by atoms with E-state index in [1.54, 1.807) is 6.20 Å². The van der Waals surface area contributed by atoms with Crippen molar-refractivity contribution in [3.05, 3.63) is 18.0 Å². The van der Waals surface area contributed by atoms with Crippen molar-refractivity contribution in [3.8, 4) is 0 Å². The monoisotopic (exact) mass is 330 g/mol. The fourth-order valence-electron chi connectivity index (χ4n) is 4.04. The molecule has 2 unspecified atom stereocenters. The topological polar surface area (TPSA) is 58.4 Å². The van der Waals surface area contributed by atoms with Crippen LogP contribution in [0.3, 0.4) is 0 Å². The molecule has 1 aromatic rings. The van der Waals surface area contributed by atoms with Gasteiger partial charge in [0.15, 0.2) is 0 Å². The van der Waals surface area contributed by atoms with Gasteiger partial charge in [-0.05, 0) is 44.1 Å². The second kappa shape index (κ2) is 5.90. The highest BCUT2D eigenvalue weighted by Gasteiger charge is 2.48. The molecule has 0 N–H and O–H groups in total. The molecule has 1 aliphatic heterocycles. The fourth-order valence-corrected chi connectivity index (χ4v) is 4.04. The number of aryl methyl sites for hydroxylation is 1. The molecule has 24 heavy (non-hydrogen) atoms. The van der Waals surface area contributed by atoms with Crippen molar-refractivity contribution in [2.45, 2.75) is 50.6 Å². The Hall–Kier alpha value is -1.85. The van der Waals surface area contributed by atoms with Crippen LogP contribution in [-0.2, 0) is 16.6 Å². The molecule has 1 aromatic heterocycles. The van der Waals surface area contributed by atoms with Crippen LogP contribution in [0, 0.1) is 11.8 Å². The van der Waals surface area contributed by atoms with Gasteiger partial charge in [0.05, 0.1) is 17.7 Å². The first-order valence-electron chi connectivity index (χ1n) is 9.10. The molecule has 2 aliphatic carbocycles. The van der Waals surface area contributed by atoms with Gasteiger partial charge in [0.1, 0.15) is 0 Å². The first-order valence-corrected chi connectivity index (χ1v) is 9.10. The number of aromatic nitrogens is 2. The molecule has 130 valence electrons. The van der Waals surface area contributed by atoms with E-state index >= 15 is 0 Å². The molecule has 2 amide bonds. The number of likely N-dealkylation sites (tertiary alicyclic amines) is 1. The number of amides is 2. The van der Waals surface area contributed by atoms with Gasteiger partial charge in [-0.25, -0.2) is 0 Å². The van der Waals surface area contributed by atoms with E-state index in [2.05, 4.69) is 5.10 Å². The highest BCUT2D eigenvalue weighted by Crippen LogP contribution is 2.44. The van der Waals surface area contributed by atoms with E-state index in [4.69, 9.17) is 0 Å². The predicted octanol–water partition coefficient (Wildman–Crippen LogP) is 1.73. The van der Waals surface area contributed by atoms with Crippen LogP contribution in [0.4, 0.5) is 0 Å². The Morgan fingerprint density at radius 3 is 2.62 bits per heavy atom. The molecule has 3 fully saturated rings. The number of carbonyl (C=O) groups excluding carboxylic acids is 2. The minimum Gasteiger partial charge on any atom is -0.345 e. The number of rotatable bonds is 5. The molecule has 4 rings (SSSR count). The first-order chi connectivity index (χ1) is 11.6. The van der Waals surface area contributed by atoms with Crippen molar-refractivity contribution in [1.82, 2.24) is 19.6 Å². The molecular weight excluding hydrogens is 304 g/mol. The van der Waals surface area contributed by atoms with Gasteiger partial charge in [-0.1, -0.05) is 0 Å². The highest BCUT2D eigenvalue weighted by atomic mass is 16.2. The normalized spacial score (nSPS) is 27.4. The van der Waals surface area contributed by atoms with Gasteiger partial charge in [0.2, 0.25) is 11.8 Å². The molecule has 0 aromatic carbocycles. The average molecular weight is 330 g/mol. The summed E-state index contributed by atoms with van der Waals surface area (Å²) in [6.07, 6.45) is 7.47. The second-order valence-electron chi connectivity index (χ2n) is 7.66. The fraction of sp³-hybridized carbons (Fsp3) is 0.722. The molecule has 0 spiro atoms. The third kappa shape index (κ3) is 2.82. The molecule has 0 bridgehead atoms. The lowest BCUT2D eigenvalue weighted by Gasteiger charge is -2.42. The Kier molecular flexibility index (Phi) is 3.85. The Morgan fingerprint density at radius 2 is 2.04 bits per heavy atom. The minimum atomic E-state index is -0.166. The van der Waals surface area contributed by atoms with E-state index in [-0.39, 0.29) is 23.8 Å². The average Bonchev–Trinajstić information content (AvgIpc) is 3.47. The van der Waals surface area contributed by atoms with Crippen molar-refractivity contribution in [3.63, 3.8) is 0 Å². The lowest BCUT2D eigenvalue weighted by molar-refractivity contribution is -0.148. The number of piperidine rings is 1. The summed E-state index contributed by atoms with van der Waals surface area (Å²) in [6.45, 7) is 0.852.